The maximum atomic E-state index is 12.8. The lowest BCUT2D eigenvalue weighted by atomic mass is 9.95. The molecule has 0 aliphatic rings. The molecule has 0 rings (SSSR count). The maximum Gasteiger partial charge on any atom is 0.384 e. The van der Waals surface area contributed by atoms with Crippen LogP contribution in [0.3, 0.4) is 0 Å². The van der Waals surface area contributed by atoms with Crippen LogP contribution in [0.25, 0.3) is 0 Å². The molecule has 0 aromatic carbocycles. The number of alkyl halides is 12. The van der Waals surface area contributed by atoms with Crippen molar-refractivity contribution in [3.8, 4) is 0 Å². The summed E-state index contributed by atoms with van der Waals surface area (Å²) in [5.41, 5.74) is 0. The lowest BCUT2D eigenvalue weighted by Crippen LogP contribution is -2.69. The number of hydrogen-bond donors (Lipinski definition) is 0. The highest BCUT2D eigenvalue weighted by Gasteiger charge is 2.87. The van der Waals surface area contributed by atoms with Gasteiger partial charge in [-0.15, -0.1) is 0 Å². The molecule has 0 aromatic rings. The fourth-order valence-electron chi connectivity index (χ4n) is 1.05. The molecule has 0 aromatic heterocycles. The highest BCUT2D eigenvalue weighted by atomic mass is 19.4. The Morgan fingerprint density at radius 3 is 1.38 bits per heavy atom. The fourth-order valence-corrected chi connectivity index (χ4v) is 1.05. The van der Waals surface area contributed by atoms with Crippen LogP contribution < -0.4 is 0 Å². The zero-order valence-corrected chi connectivity index (χ0v) is 9.73. The quantitative estimate of drug-likeness (QED) is 0.632. The van der Waals surface area contributed by atoms with Crippen LogP contribution in [0.4, 0.5) is 52.7 Å². The molecule has 1 nitrogen and oxygen atoms in total. The summed E-state index contributed by atoms with van der Waals surface area (Å²) in [7, 11) is 0.300. The van der Waals surface area contributed by atoms with Gasteiger partial charge in [0, 0.05) is 7.11 Å². The van der Waals surface area contributed by atoms with E-state index in [1.807, 2.05) is 0 Å². The van der Waals surface area contributed by atoms with Crippen molar-refractivity contribution in [1.82, 2.24) is 0 Å². The predicted octanol–water partition coefficient (Wildman–Crippen LogP) is 4.07. The van der Waals surface area contributed by atoms with Crippen LogP contribution in [-0.2, 0) is 4.74 Å². The Hall–Kier alpha value is -0.880. The molecule has 0 bridgehead atoms. The molecular weight excluding hydrogens is 340 g/mol. The van der Waals surface area contributed by atoms with Crippen LogP contribution in [0.2, 0.25) is 0 Å². The molecule has 0 unspecified atom stereocenters. The van der Waals surface area contributed by atoms with Crippen LogP contribution in [0.5, 0.6) is 0 Å². The van der Waals surface area contributed by atoms with Crippen molar-refractivity contribution in [2.24, 2.45) is 0 Å². The van der Waals surface area contributed by atoms with E-state index in [2.05, 4.69) is 4.74 Å². The van der Waals surface area contributed by atoms with Gasteiger partial charge in [-0.3, -0.25) is 0 Å². The van der Waals surface area contributed by atoms with E-state index in [1.165, 1.54) is 0 Å². The Kier molecular flexibility index (Phi) is 5.17. The molecule has 0 amide bonds. The summed E-state index contributed by atoms with van der Waals surface area (Å²) < 4.78 is 153. The molecule has 0 aliphatic carbocycles. The zero-order chi connectivity index (χ0) is 17.5. The van der Waals surface area contributed by atoms with Gasteiger partial charge in [-0.25, -0.2) is 8.78 Å². The number of rotatable bonds is 7. The summed E-state index contributed by atoms with van der Waals surface area (Å²) in [6.07, 6.45) is -5.50. The summed E-state index contributed by atoms with van der Waals surface area (Å²) in [4.78, 5) is 0. The van der Waals surface area contributed by atoms with Crippen molar-refractivity contribution in [3.63, 3.8) is 0 Å². The van der Waals surface area contributed by atoms with E-state index in [-0.39, 0.29) is 0 Å². The number of hydrogen-bond acceptors (Lipinski definition) is 1. The Labute approximate surface area is 108 Å². The molecule has 13 heteroatoms. The third kappa shape index (κ3) is 2.75. The van der Waals surface area contributed by atoms with Crippen molar-refractivity contribution in [2.75, 3.05) is 13.7 Å². The Morgan fingerprint density at radius 1 is 0.714 bits per heavy atom. The second-order valence-corrected chi connectivity index (χ2v) is 3.78. The predicted molar refractivity (Wildman–Crippen MR) is 42.6 cm³/mol. The standard InChI is InChI=1S/C8H6F12O/c1-21-2-4(11,12)6(15,16)8(19,20)7(17,18)5(13,14)3(9)10/h3H,2H2,1H3. The molecule has 21 heavy (non-hydrogen) atoms. The molecule has 0 saturated carbocycles. The first-order chi connectivity index (χ1) is 9.00. The minimum atomic E-state index is -7.48. The van der Waals surface area contributed by atoms with Crippen LogP contribution in [-0.4, -0.2) is 49.8 Å². The average Bonchev–Trinajstić information content (AvgIpc) is 2.27. The normalized spacial score (nSPS) is 15.7. The second-order valence-electron chi connectivity index (χ2n) is 3.78. The first kappa shape index (κ1) is 20.1. The Balaban J connectivity index is 5.96. The largest absolute Gasteiger partial charge is 0.384 e. The molecule has 0 aliphatic heterocycles. The molecule has 0 radical (unpaired) electrons. The maximum absolute atomic E-state index is 12.8. The van der Waals surface area contributed by atoms with Gasteiger partial charge in [0.05, 0.1) is 0 Å². The van der Waals surface area contributed by atoms with Crippen molar-refractivity contribution >= 4 is 0 Å². The summed E-state index contributed by atoms with van der Waals surface area (Å²) in [6.45, 7) is -2.54. The monoisotopic (exact) mass is 346 g/mol. The molecule has 0 atom stereocenters. The topological polar surface area (TPSA) is 9.23 Å². The molecular formula is C8H6F12O. The highest BCUT2D eigenvalue weighted by Crippen LogP contribution is 2.58. The third-order valence-electron chi connectivity index (χ3n) is 2.27. The number of methoxy groups -OCH3 is 1. The number of ether oxygens (including phenoxy) is 1. The second kappa shape index (κ2) is 5.39. The van der Waals surface area contributed by atoms with Crippen molar-refractivity contribution in [3.05, 3.63) is 0 Å². The highest BCUT2D eigenvalue weighted by molar-refractivity contribution is 5.09. The summed E-state index contributed by atoms with van der Waals surface area (Å²) >= 11 is 0. The van der Waals surface area contributed by atoms with Crippen LogP contribution in [0.1, 0.15) is 0 Å². The first-order valence-corrected chi connectivity index (χ1v) is 4.67. The van der Waals surface area contributed by atoms with E-state index in [0.717, 1.165) is 0 Å². The Morgan fingerprint density at radius 2 is 1.10 bits per heavy atom. The summed E-state index contributed by atoms with van der Waals surface area (Å²) in [6, 6.07) is 0. The molecule has 0 fully saturated rings. The summed E-state index contributed by atoms with van der Waals surface area (Å²) in [5, 5.41) is 0. The molecule has 0 heterocycles. The van der Waals surface area contributed by atoms with Gasteiger partial charge in [-0.05, 0) is 0 Å². The van der Waals surface area contributed by atoms with Gasteiger partial charge in [-0.2, -0.15) is 43.9 Å². The van der Waals surface area contributed by atoms with Gasteiger partial charge < -0.3 is 4.74 Å². The van der Waals surface area contributed by atoms with Gasteiger partial charge in [0.15, 0.2) is 0 Å². The van der Waals surface area contributed by atoms with Gasteiger partial charge >= 0.3 is 36.0 Å². The third-order valence-corrected chi connectivity index (χ3v) is 2.27. The van der Waals surface area contributed by atoms with E-state index in [1.54, 1.807) is 0 Å². The van der Waals surface area contributed by atoms with Crippen LogP contribution >= 0.6 is 0 Å². The number of halogens is 12. The SMILES string of the molecule is COCC(F)(F)C(F)(F)C(F)(F)C(F)(F)C(F)(F)C(F)F. The lowest BCUT2D eigenvalue weighted by Gasteiger charge is -2.38. The molecule has 0 saturated heterocycles. The fraction of sp³-hybridized carbons (Fsp3) is 1.00. The van der Waals surface area contributed by atoms with E-state index in [9.17, 15) is 52.7 Å². The lowest BCUT2D eigenvalue weighted by molar-refractivity contribution is -0.415. The van der Waals surface area contributed by atoms with E-state index >= 15 is 0 Å². The molecule has 128 valence electrons. The molecule has 0 spiro atoms. The van der Waals surface area contributed by atoms with E-state index in [0.29, 0.717) is 7.11 Å². The molecule has 0 N–H and O–H groups in total. The van der Waals surface area contributed by atoms with Gasteiger partial charge in [-0.1, -0.05) is 0 Å². The van der Waals surface area contributed by atoms with Crippen LogP contribution in [0, 0.1) is 0 Å². The Bertz CT molecular complexity index is 362. The van der Waals surface area contributed by atoms with E-state index < -0.39 is 42.6 Å². The smallest absolute Gasteiger partial charge is 0.378 e. The first-order valence-electron chi connectivity index (χ1n) is 4.67. The minimum absolute atomic E-state index is 0.300. The van der Waals surface area contributed by atoms with Gasteiger partial charge in [0.1, 0.15) is 6.61 Å². The van der Waals surface area contributed by atoms with Crippen molar-refractivity contribution < 1.29 is 57.4 Å². The van der Waals surface area contributed by atoms with Crippen molar-refractivity contribution in [2.45, 2.75) is 36.0 Å². The minimum Gasteiger partial charge on any atom is -0.378 e. The average molecular weight is 346 g/mol. The zero-order valence-electron chi connectivity index (χ0n) is 9.73. The van der Waals surface area contributed by atoms with E-state index in [4.69, 9.17) is 0 Å². The summed E-state index contributed by atoms with van der Waals surface area (Å²) in [5.74, 6) is -35.0. The van der Waals surface area contributed by atoms with Gasteiger partial charge in [0.25, 0.3) is 0 Å². The van der Waals surface area contributed by atoms with Crippen molar-refractivity contribution in [1.29, 1.82) is 0 Å². The van der Waals surface area contributed by atoms with Crippen LogP contribution in [0.15, 0.2) is 0 Å². The van der Waals surface area contributed by atoms with Gasteiger partial charge in [0.2, 0.25) is 0 Å².